The predicted octanol–water partition coefficient (Wildman–Crippen LogP) is 2.99. The SMILES string of the molecule is O=C(/C=C/c1ccccc1)NC[C@H]1COc2ccccc21. The molecule has 0 saturated heterocycles. The maximum Gasteiger partial charge on any atom is 0.244 e. The van der Waals surface area contributed by atoms with E-state index in [0.29, 0.717) is 13.2 Å². The van der Waals surface area contributed by atoms with Crippen molar-refractivity contribution in [2.45, 2.75) is 5.92 Å². The highest BCUT2D eigenvalue weighted by Gasteiger charge is 2.23. The third-order valence-corrected chi connectivity index (χ3v) is 3.55. The van der Waals surface area contributed by atoms with Crippen molar-refractivity contribution in [2.75, 3.05) is 13.2 Å². The van der Waals surface area contributed by atoms with Crippen molar-refractivity contribution >= 4 is 12.0 Å². The number of rotatable bonds is 4. The van der Waals surface area contributed by atoms with Gasteiger partial charge in [0, 0.05) is 24.1 Å². The zero-order chi connectivity index (χ0) is 14.5. The third kappa shape index (κ3) is 3.31. The highest BCUT2D eigenvalue weighted by Crippen LogP contribution is 2.32. The van der Waals surface area contributed by atoms with Gasteiger partial charge < -0.3 is 10.1 Å². The van der Waals surface area contributed by atoms with Crippen LogP contribution >= 0.6 is 0 Å². The summed E-state index contributed by atoms with van der Waals surface area (Å²) in [7, 11) is 0. The summed E-state index contributed by atoms with van der Waals surface area (Å²) < 4.78 is 5.60. The first-order chi connectivity index (χ1) is 10.3. The third-order valence-electron chi connectivity index (χ3n) is 3.55. The largest absolute Gasteiger partial charge is 0.493 e. The Morgan fingerprint density at radius 3 is 2.76 bits per heavy atom. The van der Waals surface area contributed by atoms with E-state index in [4.69, 9.17) is 4.74 Å². The van der Waals surface area contributed by atoms with E-state index in [1.54, 1.807) is 6.08 Å². The molecule has 1 aliphatic heterocycles. The van der Waals surface area contributed by atoms with Gasteiger partial charge in [0.15, 0.2) is 0 Å². The number of amides is 1. The van der Waals surface area contributed by atoms with Crippen molar-refractivity contribution in [3.63, 3.8) is 0 Å². The number of hydrogen-bond acceptors (Lipinski definition) is 2. The monoisotopic (exact) mass is 279 g/mol. The highest BCUT2D eigenvalue weighted by atomic mass is 16.5. The fourth-order valence-corrected chi connectivity index (χ4v) is 2.42. The van der Waals surface area contributed by atoms with Gasteiger partial charge in [0.05, 0.1) is 6.61 Å². The van der Waals surface area contributed by atoms with Crippen LogP contribution in [0.4, 0.5) is 0 Å². The van der Waals surface area contributed by atoms with Crippen LogP contribution in [0.3, 0.4) is 0 Å². The number of para-hydroxylation sites is 1. The van der Waals surface area contributed by atoms with Crippen LogP contribution < -0.4 is 10.1 Å². The quantitative estimate of drug-likeness (QED) is 0.874. The first kappa shape index (κ1) is 13.4. The standard InChI is InChI=1S/C18H17NO2/c20-18(11-10-14-6-2-1-3-7-14)19-12-15-13-21-17-9-5-4-8-16(15)17/h1-11,15H,12-13H2,(H,19,20)/b11-10+/t15-/m0/s1. The van der Waals surface area contributed by atoms with Crippen LogP contribution in [0.1, 0.15) is 17.0 Å². The molecule has 3 nitrogen and oxygen atoms in total. The van der Waals surface area contributed by atoms with Gasteiger partial charge in [0.2, 0.25) is 5.91 Å². The zero-order valence-electron chi connectivity index (χ0n) is 11.7. The molecule has 1 atom stereocenters. The first-order valence-electron chi connectivity index (χ1n) is 7.05. The molecule has 1 amide bonds. The Morgan fingerprint density at radius 1 is 1.14 bits per heavy atom. The molecule has 3 rings (SSSR count). The number of hydrogen-bond donors (Lipinski definition) is 1. The second-order valence-corrected chi connectivity index (χ2v) is 5.03. The lowest BCUT2D eigenvalue weighted by molar-refractivity contribution is -0.116. The lowest BCUT2D eigenvalue weighted by Crippen LogP contribution is -2.27. The maximum absolute atomic E-state index is 11.8. The summed E-state index contributed by atoms with van der Waals surface area (Å²) in [5.74, 6) is 1.08. The molecule has 21 heavy (non-hydrogen) atoms. The van der Waals surface area contributed by atoms with Gasteiger partial charge in [-0.2, -0.15) is 0 Å². The number of carbonyl (C=O) groups excluding carboxylic acids is 1. The lowest BCUT2D eigenvalue weighted by Gasteiger charge is -2.08. The van der Waals surface area contributed by atoms with E-state index in [1.807, 2.05) is 54.6 Å². The van der Waals surface area contributed by atoms with Gasteiger partial charge >= 0.3 is 0 Å². The minimum atomic E-state index is -0.0803. The molecule has 0 fully saturated rings. The first-order valence-corrected chi connectivity index (χ1v) is 7.05. The Morgan fingerprint density at radius 2 is 1.90 bits per heavy atom. The molecular weight excluding hydrogens is 262 g/mol. The smallest absolute Gasteiger partial charge is 0.244 e. The Labute approximate surface area is 124 Å². The van der Waals surface area contributed by atoms with Crippen LogP contribution in [0.2, 0.25) is 0 Å². The van der Waals surface area contributed by atoms with Crippen molar-refractivity contribution in [3.8, 4) is 5.75 Å². The van der Waals surface area contributed by atoms with Gasteiger partial charge in [0.1, 0.15) is 5.75 Å². The second-order valence-electron chi connectivity index (χ2n) is 5.03. The average molecular weight is 279 g/mol. The Balaban J connectivity index is 1.54. The number of benzene rings is 2. The molecule has 2 aromatic carbocycles. The molecule has 0 aliphatic carbocycles. The molecule has 2 aromatic rings. The molecule has 0 spiro atoms. The van der Waals surface area contributed by atoms with Gasteiger partial charge in [-0.25, -0.2) is 0 Å². The van der Waals surface area contributed by atoms with Crippen LogP contribution in [-0.4, -0.2) is 19.1 Å². The molecule has 0 aromatic heterocycles. The maximum atomic E-state index is 11.8. The summed E-state index contributed by atoms with van der Waals surface area (Å²) >= 11 is 0. The Kier molecular flexibility index (Phi) is 4.01. The predicted molar refractivity (Wildman–Crippen MR) is 83.2 cm³/mol. The average Bonchev–Trinajstić information content (AvgIpc) is 2.95. The van der Waals surface area contributed by atoms with E-state index in [0.717, 1.165) is 11.3 Å². The van der Waals surface area contributed by atoms with Crippen molar-refractivity contribution in [3.05, 3.63) is 71.8 Å². The topological polar surface area (TPSA) is 38.3 Å². The van der Waals surface area contributed by atoms with E-state index in [-0.39, 0.29) is 11.8 Å². The van der Waals surface area contributed by atoms with Gasteiger partial charge in [0.25, 0.3) is 0 Å². The molecule has 0 radical (unpaired) electrons. The fraction of sp³-hybridized carbons (Fsp3) is 0.167. The van der Waals surface area contributed by atoms with Gasteiger partial charge in [-0.3, -0.25) is 4.79 Å². The molecule has 1 heterocycles. The van der Waals surface area contributed by atoms with E-state index in [1.165, 1.54) is 5.56 Å². The van der Waals surface area contributed by atoms with E-state index in [2.05, 4.69) is 11.4 Å². The van der Waals surface area contributed by atoms with Gasteiger partial charge in [-0.05, 0) is 17.7 Å². The van der Waals surface area contributed by atoms with Crippen LogP contribution in [-0.2, 0) is 4.79 Å². The number of nitrogens with one attached hydrogen (secondary N) is 1. The summed E-state index contributed by atoms with van der Waals surface area (Å²) in [5, 5.41) is 2.93. The van der Waals surface area contributed by atoms with Gasteiger partial charge in [-0.1, -0.05) is 48.5 Å². The van der Waals surface area contributed by atoms with Crippen molar-refractivity contribution in [2.24, 2.45) is 0 Å². The summed E-state index contributed by atoms with van der Waals surface area (Å²) in [6.45, 7) is 1.22. The molecule has 0 bridgehead atoms. The molecule has 0 saturated carbocycles. The zero-order valence-corrected chi connectivity index (χ0v) is 11.7. The van der Waals surface area contributed by atoms with Crippen molar-refractivity contribution < 1.29 is 9.53 Å². The van der Waals surface area contributed by atoms with Gasteiger partial charge in [-0.15, -0.1) is 0 Å². The van der Waals surface area contributed by atoms with Crippen molar-refractivity contribution in [1.82, 2.24) is 5.32 Å². The lowest BCUT2D eigenvalue weighted by atomic mass is 10.0. The fourth-order valence-electron chi connectivity index (χ4n) is 2.42. The minimum absolute atomic E-state index is 0.0803. The molecular formula is C18H17NO2. The van der Waals surface area contributed by atoms with Crippen LogP contribution in [0.5, 0.6) is 5.75 Å². The normalized spacial score (nSPS) is 16.5. The summed E-state index contributed by atoms with van der Waals surface area (Å²) in [6.07, 6.45) is 3.38. The van der Waals surface area contributed by atoms with Crippen molar-refractivity contribution in [1.29, 1.82) is 0 Å². The number of carbonyl (C=O) groups is 1. The molecule has 1 aliphatic rings. The number of ether oxygens (including phenoxy) is 1. The Bertz CT molecular complexity index is 649. The molecule has 106 valence electrons. The van der Waals surface area contributed by atoms with Crippen LogP contribution in [0.25, 0.3) is 6.08 Å². The second kappa shape index (κ2) is 6.27. The van der Waals surface area contributed by atoms with E-state index < -0.39 is 0 Å². The van der Waals surface area contributed by atoms with E-state index in [9.17, 15) is 4.79 Å². The molecule has 3 heteroatoms. The van der Waals surface area contributed by atoms with E-state index >= 15 is 0 Å². The number of fused-ring (bicyclic) bond motifs is 1. The Hall–Kier alpha value is -2.55. The van der Waals surface area contributed by atoms with Crippen LogP contribution in [0.15, 0.2) is 60.7 Å². The summed E-state index contributed by atoms with van der Waals surface area (Å²) in [6, 6.07) is 17.8. The summed E-state index contributed by atoms with van der Waals surface area (Å²) in [5.41, 5.74) is 2.19. The molecule has 0 unspecified atom stereocenters. The highest BCUT2D eigenvalue weighted by molar-refractivity contribution is 5.91. The van der Waals surface area contributed by atoms with Crippen LogP contribution in [0, 0.1) is 0 Å². The molecule has 1 N–H and O–H groups in total. The minimum Gasteiger partial charge on any atom is -0.493 e. The summed E-state index contributed by atoms with van der Waals surface area (Å²) in [4.78, 5) is 11.8.